The maximum Gasteiger partial charge on any atom is 0.248 e. The lowest BCUT2D eigenvalue weighted by molar-refractivity contribution is -0.121. The number of hydrogen-bond acceptors (Lipinski definition) is 7. The van der Waals surface area contributed by atoms with Crippen LogP contribution in [0.3, 0.4) is 0 Å². The fourth-order valence-electron chi connectivity index (χ4n) is 3.86. The topological polar surface area (TPSA) is 135 Å². The van der Waals surface area contributed by atoms with E-state index < -0.39 is 5.91 Å². The van der Waals surface area contributed by atoms with Crippen LogP contribution in [-0.2, 0) is 11.3 Å². The highest BCUT2D eigenvalue weighted by atomic mass is 16.1. The number of hydrogen-bond donors (Lipinski definition) is 4. The molecule has 0 atom stereocenters. The van der Waals surface area contributed by atoms with Crippen LogP contribution in [-0.4, -0.2) is 46.4 Å². The van der Waals surface area contributed by atoms with Crippen LogP contribution in [0.15, 0.2) is 54.9 Å². The highest BCUT2D eigenvalue weighted by Crippen LogP contribution is 2.29. The van der Waals surface area contributed by atoms with Gasteiger partial charge in [-0.15, -0.1) is 0 Å². The molecule has 0 saturated carbocycles. The lowest BCUT2D eigenvalue weighted by Crippen LogP contribution is -2.29. The lowest BCUT2D eigenvalue weighted by atomic mass is 10.1. The monoisotopic (exact) mass is 471 g/mol. The predicted octanol–water partition coefficient (Wildman–Crippen LogP) is 2.68. The molecule has 35 heavy (non-hydrogen) atoms. The van der Waals surface area contributed by atoms with Gasteiger partial charge in [0.1, 0.15) is 5.82 Å². The van der Waals surface area contributed by atoms with Gasteiger partial charge in [0.05, 0.1) is 11.2 Å². The summed E-state index contributed by atoms with van der Waals surface area (Å²) < 4.78 is 0. The highest BCUT2D eigenvalue weighted by Gasteiger charge is 2.10. The van der Waals surface area contributed by atoms with Gasteiger partial charge >= 0.3 is 0 Å². The molecule has 9 heteroatoms. The van der Waals surface area contributed by atoms with E-state index in [0.717, 1.165) is 34.0 Å². The number of fused-ring (bicyclic) bond motifs is 3. The van der Waals surface area contributed by atoms with Crippen molar-refractivity contribution in [2.24, 2.45) is 5.73 Å². The molecule has 4 aromatic rings. The quantitative estimate of drug-likeness (QED) is 0.195. The Balaban J connectivity index is 1.25. The van der Waals surface area contributed by atoms with Crippen LogP contribution in [0, 0.1) is 6.92 Å². The zero-order chi connectivity index (χ0) is 24.6. The molecule has 5 N–H and O–H groups in total. The molecule has 0 aliphatic carbocycles. The second-order valence-corrected chi connectivity index (χ2v) is 8.31. The van der Waals surface area contributed by atoms with Crippen LogP contribution >= 0.6 is 0 Å². The first-order valence-corrected chi connectivity index (χ1v) is 11.6. The zero-order valence-electron chi connectivity index (χ0n) is 19.7. The molecule has 0 aliphatic rings. The number of nitrogens with zero attached hydrogens (tertiary/aromatic N) is 3. The molecule has 0 fully saturated rings. The van der Waals surface area contributed by atoms with E-state index in [4.69, 9.17) is 10.7 Å². The first-order valence-electron chi connectivity index (χ1n) is 11.6. The number of aromatic nitrogens is 3. The maximum atomic E-state index is 12.1. The van der Waals surface area contributed by atoms with Gasteiger partial charge in [-0.3, -0.25) is 19.6 Å². The number of primary amides is 1. The van der Waals surface area contributed by atoms with E-state index in [1.165, 1.54) is 0 Å². The summed E-state index contributed by atoms with van der Waals surface area (Å²) in [7, 11) is 0. The van der Waals surface area contributed by atoms with Gasteiger partial charge in [0.15, 0.2) is 0 Å². The Labute approximate surface area is 203 Å². The molecule has 0 unspecified atom stereocenters. The second-order valence-electron chi connectivity index (χ2n) is 8.31. The van der Waals surface area contributed by atoms with Crippen molar-refractivity contribution in [3.63, 3.8) is 0 Å². The molecule has 3 aromatic heterocycles. The minimum atomic E-state index is -0.493. The van der Waals surface area contributed by atoms with Gasteiger partial charge in [0.25, 0.3) is 0 Å². The van der Waals surface area contributed by atoms with Gasteiger partial charge in [0.2, 0.25) is 11.8 Å². The van der Waals surface area contributed by atoms with Gasteiger partial charge < -0.3 is 21.7 Å². The average Bonchev–Trinajstić information content (AvgIpc) is 2.86. The Hall–Kier alpha value is -4.11. The van der Waals surface area contributed by atoms with Crippen molar-refractivity contribution in [1.82, 2.24) is 25.6 Å². The number of benzene rings is 1. The van der Waals surface area contributed by atoms with Crippen molar-refractivity contribution < 1.29 is 9.59 Å². The van der Waals surface area contributed by atoms with Crippen LogP contribution in [0.4, 0.5) is 5.82 Å². The Morgan fingerprint density at radius 3 is 2.69 bits per heavy atom. The van der Waals surface area contributed by atoms with E-state index in [-0.39, 0.29) is 5.91 Å². The number of pyridine rings is 3. The fraction of sp³-hybridized carbons (Fsp3) is 0.269. The minimum absolute atomic E-state index is 0.00837. The highest BCUT2D eigenvalue weighted by molar-refractivity contribution is 6.11. The second kappa shape index (κ2) is 11.3. The van der Waals surface area contributed by atoms with Crippen LogP contribution in [0.2, 0.25) is 0 Å². The Morgan fingerprint density at radius 1 is 0.971 bits per heavy atom. The van der Waals surface area contributed by atoms with Crippen molar-refractivity contribution in [3.8, 4) is 0 Å². The summed E-state index contributed by atoms with van der Waals surface area (Å²) in [4.78, 5) is 37.1. The summed E-state index contributed by atoms with van der Waals surface area (Å²) in [6.45, 7) is 4.38. The summed E-state index contributed by atoms with van der Waals surface area (Å²) in [6.07, 6.45) is 4.66. The first-order chi connectivity index (χ1) is 17.0. The molecule has 9 nitrogen and oxygen atoms in total. The summed E-state index contributed by atoms with van der Waals surface area (Å²) in [5.74, 6) is 0.220. The number of amides is 2. The summed E-state index contributed by atoms with van der Waals surface area (Å²) >= 11 is 0. The van der Waals surface area contributed by atoms with Gasteiger partial charge in [0, 0.05) is 72.4 Å². The summed E-state index contributed by atoms with van der Waals surface area (Å²) in [6, 6.07) is 13.0. The molecule has 0 saturated heterocycles. The normalized spacial score (nSPS) is 11.0. The third kappa shape index (κ3) is 6.27. The maximum absolute atomic E-state index is 12.1. The molecule has 1 aromatic carbocycles. The van der Waals surface area contributed by atoms with Crippen LogP contribution in [0.5, 0.6) is 0 Å². The minimum Gasteiger partial charge on any atom is -0.369 e. The van der Waals surface area contributed by atoms with E-state index in [9.17, 15) is 9.59 Å². The van der Waals surface area contributed by atoms with E-state index in [0.29, 0.717) is 49.5 Å². The van der Waals surface area contributed by atoms with Gasteiger partial charge in [-0.2, -0.15) is 0 Å². The van der Waals surface area contributed by atoms with Gasteiger partial charge in [-0.1, -0.05) is 12.1 Å². The summed E-state index contributed by atoms with van der Waals surface area (Å²) in [5.41, 5.74) is 8.46. The van der Waals surface area contributed by atoms with Crippen molar-refractivity contribution >= 4 is 39.3 Å². The largest absolute Gasteiger partial charge is 0.369 e. The summed E-state index contributed by atoms with van der Waals surface area (Å²) in [5, 5.41) is 12.3. The average molecular weight is 472 g/mol. The molecular weight excluding hydrogens is 442 g/mol. The number of carbonyl (C=O) groups excluding carboxylic acids is 2. The van der Waals surface area contributed by atoms with Crippen LogP contribution in [0.25, 0.3) is 21.7 Å². The van der Waals surface area contributed by atoms with Gasteiger partial charge in [-0.05, 0) is 43.7 Å². The number of rotatable bonds is 11. The van der Waals surface area contributed by atoms with E-state index in [2.05, 4.69) is 25.9 Å². The molecular formula is C26H29N7O2. The molecule has 2 amide bonds. The Morgan fingerprint density at radius 2 is 1.86 bits per heavy atom. The van der Waals surface area contributed by atoms with Crippen molar-refractivity contribution in [1.29, 1.82) is 0 Å². The molecule has 0 spiro atoms. The van der Waals surface area contributed by atoms with Crippen molar-refractivity contribution in [3.05, 3.63) is 71.8 Å². The molecule has 180 valence electrons. The van der Waals surface area contributed by atoms with E-state index in [1.807, 2.05) is 37.3 Å². The Bertz CT molecular complexity index is 1360. The van der Waals surface area contributed by atoms with Crippen LogP contribution < -0.4 is 21.7 Å². The zero-order valence-corrected chi connectivity index (χ0v) is 19.7. The molecule has 4 rings (SSSR count). The molecule has 0 radical (unpaired) electrons. The van der Waals surface area contributed by atoms with Gasteiger partial charge in [-0.25, -0.2) is 4.98 Å². The number of aryl methyl sites for hydroxylation is 1. The van der Waals surface area contributed by atoms with E-state index in [1.54, 1.807) is 24.5 Å². The number of carbonyl (C=O) groups is 2. The lowest BCUT2D eigenvalue weighted by Gasteiger charge is -2.12. The first kappa shape index (κ1) is 24.0. The number of nitrogens with one attached hydrogen (secondary N) is 3. The predicted molar refractivity (Wildman–Crippen MR) is 137 cm³/mol. The smallest absolute Gasteiger partial charge is 0.248 e. The third-order valence-electron chi connectivity index (χ3n) is 5.63. The van der Waals surface area contributed by atoms with Crippen molar-refractivity contribution in [2.75, 3.05) is 25.0 Å². The van der Waals surface area contributed by atoms with Crippen molar-refractivity contribution in [2.45, 2.75) is 26.3 Å². The molecule has 0 bridgehead atoms. The Kier molecular flexibility index (Phi) is 7.79. The molecule has 0 aliphatic heterocycles. The third-order valence-corrected chi connectivity index (χ3v) is 5.63. The molecule has 3 heterocycles. The van der Waals surface area contributed by atoms with Crippen LogP contribution in [0.1, 0.15) is 34.6 Å². The fourth-order valence-corrected chi connectivity index (χ4v) is 3.86. The SMILES string of the molecule is Cc1cccc(CNCCC(=O)NCCCNc2nc3cc(C(N)=O)ccc3c3cnccc23)n1. The number of anilines is 1. The van der Waals surface area contributed by atoms with E-state index >= 15 is 0 Å². The number of nitrogens with two attached hydrogens (primary N) is 1. The standard InChI is InChI=1S/C26H29N7O2/c1-17-4-2-5-19(32-17)15-28-13-9-24(34)30-10-3-11-31-26-21-8-12-29-16-22(21)20-7-6-18(25(27)35)14-23(20)33-26/h2,4-8,12,14,16,28H,3,9-11,13,15H2,1H3,(H2,27,35)(H,30,34)(H,31,33).